The number of aryl methyl sites for hydroxylation is 1. The standard InChI is InChI=1S/C15H19N3O3/c1-11-3-2-4-18-9-12(16-15(11)18)8-17-5-6-21-13(10-17)7-14(19)20/h2-4,9,13H,5-8,10H2,1H3,(H,19,20). The number of pyridine rings is 1. The molecule has 3 heterocycles. The van der Waals surface area contributed by atoms with Crippen molar-refractivity contribution in [3.63, 3.8) is 0 Å². The highest BCUT2D eigenvalue weighted by Gasteiger charge is 2.23. The average Bonchev–Trinajstić information content (AvgIpc) is 2.82. The minimum absolute atomic E-state index is 0.0563. The van der Waals surface area contributed by atoms with E-state index in [1.54, 1.807) is 0 Å². The van der Waals surface area contributed by atoms with Crippen molar-refractivity contribution < 1.29 is 14.6 Å². The number of rotatable bonds is 4. The predicted molar refractivity (Wildman–Crippen MR) is 77.2 cm³/mol. The van der Waals surface area contributed by atoms with Crippen LogP contribution in [0.25, 0.3) is 5.65 Å². The number of hydrogen-bond acceptors (Lipinski definition) is 4. The lowest BCUT2D eigenvalue weighted by molar-refractivity contribution is -0.142. The van der Waals surface area contributed by atoms with Gasteiger partial charge in [-0.1, -0.05) is 6.07 Å². The van der Waals surface area contributed by atoms with Gasteiger partial charge in [0, 0.05) is 32.0 Å². The molecule has 6 heteroatoms. The first kappa shape index (κ1) is 14.0. The second-order valence-corrected chi connectivity index (χ2v) is 5.48. The van der Waals surface area contributed by atoms with Crippen molar-refractivity contribution in [3.8, 4) is 0 Å². The third kappa shape index (κ3) is 3.22. The molecule has 1 aliphatic rings. The quantitative estimate of drug-likeness (QED) is 0.919. The maximum atomic E-state index is 10.8. The van der Waals surface area contributed by atoms with E-state index >= 15 is 0 Å². The molecule has 3 rings (SSSR count). The number of aromatic nitrogens is 2. The molecule has 6 nitrogen and oxygen atoms in total. The fourth-order valence-corrected chi connectivity index (χ4v) is 2.75. The normalized spacial score (nSPS) is 20.0. The zero-order valence-corrected chi connectivity index (χ0v) is 12.0. The van der Waals surface area contributed by atoms with E-state index in [0.717, 1.165) is 30.0 Å². The van der Waals surface area contributed by atoms with Gasteiger partial charge in [-0.05, 0) is 18.6 Å². The zero-order valence-electron chi connectivity index (χ0n) is 12.0. The van der Waals surface area contributed by atoms with Crippen LogP contribution in [0.5, 0.6) is 0 Å². The third-order valence-corrected chi connectivity index (χ3v) is 3.74. The Kier molecular flexibility index (Phi) is 3.90. The molecule has 0 bridgehead atoms. The minimum Gasteiger partial charge on any atom is -0.481 e. The number of imidazole rings is 1. The predicted octanol–water partition coefficient (Wildman–Crippen LogP) is 1.32. The third-order valence-electron chi connectivity index (χ3n) is 3.74. The van der Waals surface area contributed by atoms with E-state index in [2.05, 4.69) is 9.88 Å². The maximum Gasteiger partial charge on any atom is 0.306 e. The summed E-state index contributed by atoms with van der Waals surface area (Å²) in [4.78, 5) is 17.6. The molecule has 1 aliphatic heterocycles. The Morgan fingerprint density at radius 1 is 1.57 bits per heavy atom. The smallest absolute Gasteiger partial charge is 0.306 e. The van der Waals surface area contributed by atoms with Gasteiger partial charge >= 0.3 is 5.97 Å². The maximum absolute atomic E-state index is 10.8. The van der Waals surface area contributed by atoms with Crippen LogP contribution < -0.4 is 0 Å². The van der Waals surface area contributed by atoms with Crippen LogP contribution in [0.1, 0.15) is 17.7 Å². The first-order valence-corrected chi connectivity index (χ1v) is 7.11. The molecular formula is C15H19N3O3. The second kappa shape index (κ2) is 5.83. The fourth-order valence-electron chi connectivity index (χ4n) is 2.75. The van der Waals surface area contributed by atoms with Gasteiger partial charge in [0.25, 0.3) is 0 Å². The van der Waals surface area contributed by atoms with Gasteiger partial charge in [0.05, 0.1) is 24.8 Å². The lowest BCUT2D eigenvalue weighted by atomic mass is 10.2. The molecule has 1 fully saturated rings. The van der Waals surface area contributed by atoms with Crippen molar-refractivity contribution in [2.24, 2.45) is 0 Å². The van der Waals surface area contributed by atoms with Gasteiger partial charge in [0.15, 0.2) is 0 Å². The van der Waals surface area contributed by atoms with E-state index in [4.69, 9.17) is 9.84 Å². The number of fused-ring (bicyclic) bond motifs is 1. The first-order valence-electron chi connectivity index (χ1n) is 7.11. The first-order chi connectivity index (χ1) is 10.1. The van der Waals surface area contributed by atoms with Crippen LogP contribution in [0.4, 0.5) is 0 Å². The van der Waals surface area contributed by atoms with Crippen LogP contribution in [-0.2, 0) is 16.1 Å². The summed E-state index contributed by atoms with van der Waals surface area (Å²) in [5.74, 6) is -0.815. The summed E-state index contributed by atoms with van der Waals surface area (Å²) < 4.78 is 7.51. The van der Waals surface area contributed by atoms with Crippen molar-refractivity contribution >= 4 is 11.6 Å². The molecule has 21 heavy (non-hydrogen) atoms. The number of nitrogens with zero attached hydrogens (tertiary/aromatic N) is 3. The van der Waals surface area contributed by atoms with E-state index in [9.17, 15) is 4.79 Å². The van der Waals surface area contributed by atoms with Gasteiger partial charge in [0.1, 0.15) is 5.65 Å². The summed E-state index contributed by atoms with van der Waals surface area (Å²) >= 11 is 0. The summed E-state index contributed by atoms with van der Waals surface area (Å²) in [7, 11) is 0. The van der Waals surface area contributed by atoms with Gasteiger partial charge in [-0.15, -0.1) is 0 Å². The van der Waals surface area contributed by atoms with Crippen LogP contribution in [0.15, 0.2) is 24.5 Å². The van der Waals surface area contributed by atoms with Crippen molar-refractivity contribution in [2.45, 2.75) is 26.0 Å². The van der Waals surface area contributed by atoms with Crippen LogP contribution in [0.3, 0.4) is 0 Å². The Hall–Kier alpha value is -1.92. The Bertz CT molecular complexity index is 653. The van der Waals surface area contributed by atoms with Crippen molar-refractivity contribution in [3.05, 3.63) is 35.8 Å². The van der Waals surface area contributed by atoms with Crippen molar-refractivity contribution in [1.82, 2.24) is 14.3 Å². The Balaban J connectivity index is 1.70. The molecule has 0 amide bonds. The summed E-state index contributed by atoms with van der Waals surface area (Å²) in [6, 6.07) is 4.05. The fraction of sp³-hybridized carbons (Fsp3) is 0.467. The second-order valence-electron chi connectivity index (χ2n) is 5.48. The molecular weight excluding hydrogens is 270 g/mol. The SMILES string of the molecule is Cc1cccn2cc(CN3CCOC(CC(=O)O)C3)nc12. The molecule has 2 aromatic rings. The number of carbonyl (C=O) groups is 1. The number of ether oxygens (including phenoxy) is 1. The topological polar surface area (TPSA) is 67.1 Å². The molecule has 0 radical (unpaired) electrons. The van der Waals surface area contributed by atoms with Gasteiger partial charge in [-0.3, -0.25) is 9.69 Å². The van der Waals surface area contributed by atoms with Crippen molar-refractivity contribution in [1.29, 1.82) is 0 Å². The highest BCUT2D eigenvalue weighted by Crippen LogP contribution is 2.14. The van der Waals surface area contributed by atoms with Gasteiger partial charge in [0.2, 0.25) is 0 Å². The van der Waals surface area contributed by atoms with E-state index in [1.807, 2.05) is 35.9 Å². The number of carboxylic acids is 1. The molecule has 0 spiro atoms. The molecule has 1 unspecified atom stereocenters. The molecule has 1 atom stereocenters. The van der Waals surface area contributed by atoms with E-state index < -0.39 is 5.97 Å². The highest BCUT2D eigenvalue weighted by atomic mass is 16.5. The molecule has 1 saturated heterocycles. The van der Waals surface area contributed by atoms with Crippen LogP contribution in [0.2, 0.25) is 0 Å². The van der Waals surface area contributed by atoms with Crippen LogP contribution >= 0.6 is 0 Å². The number of aliphatic carboxylic acids is 1. The van der Waals surface area contributed by atoms with Gasteiger partial charge in [-0.25, -0.2) is 4.98 Å². The monoisotopic (exact) mass is 289 g/mol. The highest BCUT2D eigenvalue weighted by molar-refractivity contribution is 5.67. The summed E-state index contributed by atoms with van der Waals surface area (Å²) in [6.07, 6.45) is 3.85. The lowest BCUT2D eigenvalue weighted by Crippen LogP contribution is -2.42. The van der Waals surface area contributed by atoms with E-state index in [1.165, 1.54) is 0 Å². The van der Waals surface area contributed by atoms with Crippen molar-refractivity contribution in [2.75, 3.05) is 19.7 Å². The largest absolute Gasteiger partial charge is 0.481 e. The average molecular weight is 289 g/mol. The van der Waals surface area contributed by atoms with Gasteiger partial charge < -0.3 is 14.2 Å². The zero-order chi connectivity index (χ0) is 14.8. The van der Waals surface area contributed by atoms with Crippen LogP contribution in [0, 0.1) is 6.92 Å². The Labute approximate surface area is 123 Å². The molecule has 1 N–H and O–H groups in total. The van der Waals surface area contributed by atoms with Crippen LogP contribution in [-0.4, -0.2) is 51.2 Å². The molecule has 0 saturated carbocycles. The van der Waals surface area contributed by atoms with E-state index in [0.29, 0.717) is 13.2 Å². The molecule has 112 valence electrons. The Morgan fingerprint density at radius 2 is 2.43 bits per heavy atom. The summed E-state index contributed by atoms with van der Waals surface area (Å²) in [6.45, 7) is 4.79. The molecule has 0 aliphatic carbocycles. The number of hydrogen-bond donors (Lipinski definition) is 1. The number of carboxylic acid groups (broad SMARTS) is 1. The molecule has 2 aromatic heterocycles. The van der Waals surface area contributed by atoms with E-state index in [-0.39, 0.29) is 12.5 Å². The molecule has 0 aromatic carbocycles. The lowest BCUT2D eigenvalue weighted by Gasteiger charge is -2.31. The Morgan fingerprint density at radius 3 is 3.19 bits per heavy atom. The summed E-state index contributed by atoms with van der Waals surface area (Å²) in [5, 5.41) is 8.85. The van der Waals surface area contributed by atoms with Gasteiger partial charge in [-0.2, -0.15) is 0 Å². The summed E-state index contributed by atoms with van der Waals surface area (Å²) in [5.41, 5.74) is 3.12. The minimum atomic E-state index is -0.815. The number of morpholine rings is 1.